The molecule has 0 amide bonds. The summed E-state index contributed by atoms with van der Waals surface area (Å²) in [7, 11) is 1.44. The average Bonchev–Trinajstić information content (AvgIpc) is 2.35. The second kappa shape index (κ2) is 5.12. The zero-order chi connectivity index (χ0) is 11.4. The van der Waals surface area contributed by atoms with Crippen LogP contribution in [0.15, 0.2) is 24.3 Å². The molecule has 0 saturated carbocycles. The molecule has 3 heteroatoms. The molecule has 3 nitrogen and oxygen atoms in total. The fourth-order valence-electron chi connectivity index (χ4n) is 2.21. The van der Waals surface area contributed by atoms with Gasteiger partial charge < -0.3 is 10.1 Å². The maximum absolute atomic E-state index is 11.1. The van der Waals surface area contributed by atoms with Crippen LogP contribution in [0.4, 0.5) is 0 Å². The van der Waals surface area contributed by atoms with Crippen LogP contribution in [0.1, 0.15) is 30.0 Å². The van der Waals surface area contributed by atoms with Crippen LogP contribution in [0.5, 0.6) is 0 Å². The molecular weight excluding hydrogens is 202 g/mol. The summed E-state index contributed by atoms with van der Waals surface area (Å²) < 4.78 is 4.66. The molecule has 86 valence electrons. The zero-order valence-corrected chi connectivity index (χ0v) is 9.53. The second-order valence-corrected chi connectivity index (χ2v) is 4.07. The molecule has 0 radical (unpaired) electrons. The van der Waals surface area contributed by atoms with Gasteiger partial charge in [-0.1, -0.05) is 24.3 Å². The predicted molar refractivity (Wildman–Crippen MR) is 62.1 cm³/mol. The average molecular weight is 219 g/mol. The van der Waals surface area contributed by atoms with E-state index in [1.807, 2.05) is 0 Å². The number of benzene rings is 1. The van der Waals surface area contributed by atoms with E-state index in [1.54, 1.807) is 0 Å². The number of rotatable bonds is 3. The van der Waals surface area contributed by atoms with Gasteiger partial charge in [0.2, 0.25) is 0 Å². The molecule has 0 fully saturated rings. The monoisotopic (exact) mass is 219 g/mol. The van der Waals surface area contributed by atoms with Crippen LogP contribution in [0, 0.1) is 0 Å². The third kappa shape index (κ3) is 2.42. The van der Waals surface area contributed by atoms with Crippen molar-refractivity contribution in [1.82, 2.24) is 5.32 Å². The van der Waals surface area contributed by atoms with Gasteiger partial charge >= 0.3 is 5.97 Å². The Morgan fingerprint density at radius 1 is 1.50 bits per heavy atom. The first-order valence-corrected chi connectivity index (χ1v) is 5.69. The number of nitrogens with one attached hydrogen (secondary N) is 1. The molecule has 1 unspecified atom stereocenters. The summed E-state index contributed by atoms with van der Waals surface area (Å²) in [6.45, 7) is 0.989. The highest BCUT2D eigenvalue weighted by molar-refractivity contribution is 5.69. The van der Waals surface area contributed by atoms with Gasteiger partial charge in [0.05, 0.1) is 7.11 Å². The van der Waals surface area contributed by atoms with Crippen molar-refractivity contribution in [3.05, 3.63) is 35.4 Å². The second-order valence-electron chi connectivity index (χ2n) is 4.07. The summed E-state index contributed by atoms with van der Waals surface area (Å²) in [6.07, 6.45) is 2.36. The number of carbonyl (C=O) groups is 1. The van der Waals surface area contributed by atoms with Gasteiger partial charge in [0.25, 0.3) is 0 Å². The lowest BCUT2D eigenvalue weighted by Crippen LogP contribution is -2.30. The fraction of sp³-hybridized carbons (Fsp3) is 0.462. The van der Waals surface area contributed by atoms with Gasteiger partial charge in [-0.05, 0) is 30.5 Å². The maximum Gasteiger partial charge on any atom is 0.305 e. The third-order valence-electron chi connectivity index (χ3n) is 3.08. The SMILES string of the molecule is COC(=O)CCC1NCCc2ccccc21. The Kier molecular flexibility index (Phi) is 3.57. The highest BCUT2D eigenvalue weighted by Gasteiger charge is 2.19. The molecule has 1 aliphatic rings. The highest BCUT2D eigenvalue weighted by Crippen LogP contribution is 2.26. The minimum atomic E-state index is -0.134. The van der Waals surface area contributed by atoms with Crippen LogP contribution < -0.4 is 5.32 Å². The topological polar surface area (TPSA) is 38.3 Å². The fourth-order valence-corrected chi connectivity index (χ4v) is 2.21. The van der Waals surface area contributed by atoms with Gasteiger partial charge in [0, 0.05) is 12.5 Å². The van der Waals surface area contributed by atoms with E-state index in [9.17, 15) is 4.79 Å². The van der Waals surface area contributed by atoms with Crippen molar-refractivity contribution in [1.29, 1.82) is 0 Å². The number of methoxy groups -OCH3 is 1. The van der Waals surface area contributed by atoms with Gasteiger partial charge in [0.1, 0.15) is 0 Å². The molecule has 2 rings (SSSR count). The summed E-state index contributed by atoms with van der Waals surface area (Å²) >= 11 is 0. The first kappa shape index (κ1) is 11.1. The van der Waals surface area contributed by atoms with Gasteiger partial charge in [-0.2, -0.15) is 0 Å². The molecule has 0 spiro atoms. The lowest BCUT2D eigenvalue weighted by atomic mass is 9.92. The summed E-state index contributed by atoms with van der Waals surface area (Å²) in [5.41, 5.74) is 2.73. The number of carbonyl (C=O) groups excluding carboxylic acids is 1. The van der Waals surface area contributed by atoms with Gasteiger partial charge in [-0.3, -0.25) is 4.79 Å². The Morgan fingerprint density at radius 2 is 2.31 bits per heavy atom. The van der Waals surface area contributed by atoms with E-state index in [-0.39, 0.29) is 5.97 Å². The molecular formula is C13H17NO2. The quantitative estimate of drug-likeness (QED) is 0.788. The van der Waals surface area contributed by atoms with Gasteiger partial charge in [-0.25, -0.2) is 0 Å². The summed E-state index contributed by atoms with van der Waals surface area (Å²) in [5, 5.41) is 3.45. The Labute approximate surface area is 95.8 Å². The number of fused-ring (bicyclic) bond motifs is 1. The van der Waals surface area contributed by atoms with Crippen molar-refractivity contribution in [2.45, 2.75) is 25.3 Å². The van der Waals surface area contributed by atoms with E-state index in [4.69, 9.17) is 0 Å². The van der Waals surface area contributed by atoms with Gasteiger partial charge in [-0.15, -0.1) is 0 Å². The number of esters is 1. The molecule has 1 atom stereocenters. The molecule has 1 heterocycles. The third-order valence-corrected chi connectivity index (χ3v) is 3.08. The molecule has 1 aromatic rings. The van der Waals surface area contributed by atoms with Crippen LogP contribution in [0.25, 0.3) is 0 Å². The van der Waals surface area contributed by atoms with Crippen LogP contribution in [0.3, 0.4) is 0 Å². The van der Waals surface area contributed by atoms with Crippen LogP contribution in [-0.4, -0.2) is 19.6 Å². The molecule has 1 aromatic carbocycles. The minimum absolute atomic E-state index is 0.134. The van der Waals surface area contributed by atoms with Crippen molar-refractivity contribution >= 4 is 5.97 Å². The minimum Gasteiger partial charge on any atom is -0.469 e. The molecule has 0 aliphatic carbocycles. The lowest BCUT2D eigenvalue weighted by molar-refractivity contribution is -0.140. The number of hydrogen-bond acceptors (Lipinski definition) is 3. The first-order chi connectivity index (χ1) is 7.81. The summed E-state index contributed by atoms with van der Waals surface area (Å²) in [6, 6.07) is 8.73. The Hall–Kier alpha value is -1.35. The molecule has 0 bridgehead atoms. The van der Waals surface area contributed by atoms with E-state index in [1.165, 1.54) is 18.2 Å². The largest absolute Gasteiger partial charge is 0.469 e. The Morgan fingerprint density at radius 3 is 3.12 bits per heavy atom. The summed E-state index contributed by atoms with van der Waals surface area (Å²) in [4.78, 5) is 11.1. The van der Waals surface area contributed by atoms with Crippen molar-refractivity contribution in [3.63, 3.8) is 0 Å². The molecule has 1 aliphatic heterocycles. The van der Waals surface area contributed by atoms with Crippen molar-refractivity contribution in [3.8, 4) is 0 Å². The lowest BCUT2D eigenvalue weighted by Gasteiger charge is -2.26. The highest BCUT2D eigenvalue weighted by atomic mass is 16.5. The zero-order valence-electron chi connectivity index (χ0n) is 9.53. The van der Waals surface area contributed by atoms with E-state index in [0.717, 1.165) is 19.4 Å². The van der Waals surface area contributed by atoms with E-state index >= 15 is 0 Å². The van der Waals surface area contributed by atoms with E-state index in [0.29, 0.717) is 12.5 Å². The predicted octanol–water partition coefficient (Wildman–Crippen LogP) is 1.83. The maximum atomic E-state index is 11.1. The van der Waals surface area contributed by atoms with Crippen LogP contribution in [0.2, 0.25) is 0 Å². The Bertz CT molecular complexity index is 376. The van der Waals surface area contributed by atoms with Crippen LogP contribution >= 0.6 is 0 Å². The van der Waals surface area contributed by atoms with Gasteiger partial charge in [0.15, 0.2) is 0 Å². The standard InChI is InChI=1S/C13H17NO2/c1-16-13(15)7-6-12-11-5-3-2-4-10(11)8-9-14-12/h2-5,12,14H,6-9H2,1H3. The smallest absolute Gasteiger partial charge is 0.305 e. The van der Waals surface area contributed by atoms with E-state index in [2.05, 4.69) is 34.3 Å². The van der Waals surface area contributed by atoms with Crippen molar-refractivity contribution in [2.24, 2.45) is 0 Å². The normalized spacial score (nSPS) is 18.9. The number of hydrogen-bond donors (Lipinski definition) is 1. The molecule has 16 heavy (non-hydrogen) atoms. The van der Waals surface area contributed by atoms with E-state index < -0.39 is 0 Å². The molecule has 1 N–H and O–H groups in total. The van der Waals surface area contributed by atoms with Crippen molar-refractivity contribution in [2.75, 3.05) is 13.7 Å². The molecule has 0 aromatic heterocycles. The van der Waals surface area contributed by atoms with Crippen molar-refractivity contribution < 1.29 is 9.53 Å². The van der Waals surface area contributed by atoms with Crippen LogP contribution in [-0.2, 0) is 16.0 Å². The summed E-state index contributed by atoms with van der Waals surface area (Å²) in [5.74, 6) is -0.134. The first-order valence-electron chi connectivity index (χ1n) is 5.69. The molecule has 0 saturated heterocycles. The Balaban J connectivity index is 2.04. The number of ether oxygens (including phenoxy) is 1.